The van der Waals surface area contributed by atoms with Gasteiger partial charge < -0.3 is 24.3 Å². The second-order valence-electron chi connectivity index (χ2n) is 8.56. The lowest BCUT2D eigenvalue weighted by atomic mass is 10.0. The van der Waals surface area contributed by atoms with E-state index in [2.05, 4.69) is 19.2 Å². The average Bonchev–Trinajstić information content (AvgIpc) is 2.76. The molecule has 1 N–H and O–H groups in total. The molecule has 9 nitrogen and oxygen atoms in total. The Hall–Kier alpha value is -1.88. The van der Waals surface area contributed by atoms with Gasteiger partial charge in [-0.2, -0.15) is 4.31 Å². The highest BCUT2D eigenvalue weighted by molar-refractivity contribution is 7.89. The van der Waals surface area contributed by atoms with Crippen molar-refractivity contribution in [3.63, 3.8) is 0 Å². The van der Waals surface area contributed by atoms with Gasteiger partial charge in [-0.05, 0) is 44.2 Å². The summed E-state index contributed by atoms with van der Waals surface area (Å²) in [5.74, 6) is 0.831. The van der Waals surface area contributed by atoms with Crippen molar-refractivity contribution < 1.29 is 32.2 Å². The van der Waals surface area contributed by atoms with E-state index < -0.39 is 28.4 Å². The smallest absolute Gasteiger partial charge is 0.244 e. The summed E-state index contributed by atoms with van der Waals surface area (Å²) in [6.07, 6.45) is 0.274. The van der Waals surface area contributed by atoms with Crippen LogP contribution in [0.1, 0.15) is 46.6 Å². The highest BCUT2D eigenvalue weighted by Crippen LogP contribution is 2.39. The van der Waals surface area contributed by atoms with Crippen LogP contribution >= 0.6 is 0 Å². The Bertz CT molecular complexity index is 929. The van der Waals surface area contributed by atoms with Gasteiger partial charge in [-0.3, -0.25) is 4.79 Å². The maximum atomic E-state index is 13.5. The molecule has 0 spiro atoms. The lowest BCUT2D eigenvalue weighted by molar-refractivity contribution is -0.161. The third-order valence-corrected chi connectivity index (χ3v) is 7.80. The number of sulfonamides is 1. The van der Waals surface area contributed by atoms with E-state index in [1.54, 1.807) is 13.0 Å². The molecule has 2 aliphatic heterocycles. The molecule has 0 fully saturated rings. The average molecular weight is 485 g/mol. The molecule has 0 aliphatic carbocycles. The number of carbonyl (C=O) groups is 1. The molecule has 0 saturated heterocycles. The summed E-state index contributed by atoms with van der Waals surface area (Å²) in [6, 6.07) is 1.91. The lowest BCUT2D eigenvalue weighted by Crippen LogP contribution is -2.57. The first kappa shape index (κ1) is 25.7. The molecule has 1 aromatic rings. The standard InChI is InChI=1S/C23H36N2O7S/c1-6-25-18(22(26)24-17(11-15(4)5)23(29-7-2)30-8-3)12-16-13-19-20(32-10-9-31-19)14-21(16)33(25,27)28/h13-15,17-18,23H,6-12H2,1-5H3,(H,24,26)/t17-,18-/m0/s1. The summed E-state index contributed by atoms with van der Waals surface area (Å²) in [5, 5.41) is 3.03. The van der Waals surface area contributed by atoms with Crippen molar-refractivity contribution in [3.8, 4) is 11.5 Å². The predicted molar refractivity (Wildman–Crippen MR) is 123 cm³/mol. The molecular weight excluding hydrogens is 448 g/mol. The minimum absolute atomic E-state index is 0.165. The molecule has 2 aliphatic rings. The molecule has 0 bridgehead atoms. The number of benzene rings is 1. The van der Waals surface area contributed by atoms with Crippen LogP contribution in [0.2, 0.25) is 0 Å². The largest absolute Gasteiger partial charge is 0.486 e. The zero-order chi connectivity index (χ0) is 24.2. The number of fused-ring (bicyclic) bond motifs is 2. The Morgan fingerprint density at radius 3 is 2.27 bits per heavy atom. The highest BCUT2D eigenvalue weighted by atomic mass is 32.2. The molecule has 186 valence electrons. The first-order chi connectivity index (χ1) is 15.7. The first-order valence-corrected chi connectivity index (χ1v) is 13.1. The Labute approximate surface area is 196 Å². The van der Waals surface area contributed by atoms with Crippen LogP contribution in [0.4, 0.5) is 0 Å². The van der Waals surface area contributed by atoms with E-state index in [9.17, 15) is 13.2 Å². The molecule has 10 heteroatoms. The van der Waals surface area contributed by atoms with Crippen LogP contribution < -0.4 is 14.8 Å². The van der Waals surface area contributed by atoms with Crippen molar-refractivity contribution in [1.29, 1.82) is 0 Å². The summed E-state index contributed by atoms with van der Waals surface area (Å²) in [5.41, 5.74) is 0.552. The molecule has 2 atom stereocenters. The number of rotatable bonds is 10. The topological polar surface area (TPSA) is 103 Å². The monoisotopic (exact) mass is 484 g/mol. The van der Waals surface area contributed by atoms with Crippen molar-refractivity contribution in [2.45, 2.75) is 70.7 Å². The second kappa shape index (κ2) is 11.0. The molecule has 1 amide bonds. The maximum Gasteiger partial charge on any atom is 0.244 e. The van der Waals surface area contributed by atoms with E-state index in [0.717, 1.165) is 0 Å². The third-order valence-electron chi connectivity index (χ3n) is 5.73. The van der Waals surface area contributed by atoms with Crippen LogP contribution in [0.3, 0.4) is 0 Å². The van der Waals surface area contributed by atoms with Gasteiger partial charge in [0.15, 0.2) is 17.8 Å². The van der Waals surface area contributed by atoms with Crippen molar-refractivity contribution in [2.75, 3.05) is 33.0 Å². The van der Waals surface area contributed by atoms with Gasteiger partial charge in [0, 0.05) is 25.8 Å². The van der Waals surface area contributed by atoms with Crippen molar-refractivity contribution in [1.82, 2.24) is 9.62 Å². The second-order valence-corrected chi connectivity index (χ2v) is 10.4. The van der Waals surface area contributed by atoms with E-state index in [1.165, 1.54) is 10.4 Å². The molecule has 33 heavy (non-hydrogen) atoms. The SMILES string of the molecule is CCOC(OCC)[C@H](CC(C)C)NC(=O)[C@@H]1Cc2cc3c(cc2S(=O)(=O)N1CC)OCCO3. The van der Waals surface area contributed by atoms with Gasteiger partial charge in [-0.15, -0.1) is 0 Å². The van der Waals surface area contributed by atoms with Crippen molar-refractivity contribution in [2.24, 2.45) is 5.92 Å². The first-order valence-electron chi connectivity index (χ1n) is 11.7. The van der Waals surface area contributed by atoms with Gasteiger partial charge in [0.05, 0.1) is 10.9 Å². The van der Waals surface area contributed by atoms with E-state index >= 15 is 0 Å². The number of amides is 1. The molecule has 1 aromatic carbocycles. The fourth-order valence-electron chi connectivity index (χ4n) is 4.36. The summed E-state index contributed by atoms with van der Waals surface area (Å²) in [4.78, 5) is 13.6. The van der Waals surface area contributed by atoms with E-state index in [0.29, 0.717) is 49.9 Å². The predicted octanol–water partition coefficient (Wildman–Crippen LogP) is 2.32. The summed E-state index contributed by atoms with van der Waals surface area (Å²) in [7, 11) is -3.89. The number of hydrogen-bond donors (Lipinski definition) is 1. The lowest BCUT2D eigenvalue weighted by Gasteiger charge is -2.37. The third kappa shape index (κ3) is 5.62. The molecule has 3 rings (SSSR count). The molecule has 0 radical (unpaired) electrons. The maximum absolute atomic E-state index is 13.5. The number of nitrogens with zero attached hydrogens (tertiary/aromatic N) is 1. The van der Waals surface area contributed by atoms with E-state index in [1.807, 2.05) is 13.8 Å². The quantitative estimate of drug-likeness (QED) is 0.508. The molecule has 0 aromatic heterocycles. The van der Waals surface area contributed by atoms with Gasteiger partial charge in [0.2, 0.25) is 15.9 Å². The minimum Gasteiger partial charge on any atom is -0.486 e. The van der Waals surface area contributed by atoms with E-state index in [4.69, 9.17) is 18.9 Å². The van der Waals surface area contributed by atoms with Crippen molar-refractivity contribution >= 4 is 15.9 Å². The Balaban J connectivity index is 1.91. The summed E-state index contributed by atoms with van der Waals surface area (Å²) in [6.45, 7) is 11.4. The summed E-state index contributed by atoms with van der Waals surface area (Å²) < 4.78 is 50.8. The van der Waals surface area contributed by atoms with E-state index in [-0.39, 0.29) is 29.7 Å². The van der Waals surface area contributed by atoms with Crippen LogP contribution in [0.15, 0.2) is 17.0 Å². The van der Waals surface area contributed by atoms with Gasteiger partial charge in [-0.25, -0.2) is 8.42 Å². The van der Waals surface area contributed by atoms with Crippen LogP contribution in [0.5, 0.6) is 11.5 Å². The number of likely N-dealkylation sites (N-methyl/N-ethyl adjacent to an activating group) is 1. The van der Waals surface area contributed by atoms with Crippen LogP contribution in [-0.2, 0) is 30.7 Å². The molecule has 0 saturated carbocycles. The molecule has 2 heterocycles. The zero-order valence-electron chi connectivity index (χ0n) is 20.1. The van der Waals surface area contributed by atoms with Crippen molar-refractivity contribution in [3.05, 3.63) is 17.7 Å². The van der Waals surface area contributed by atoms with Gasteiger partial charge in [0.1, 0.15) is 19.3 Å². The molecule has 0 unspecified atom stereocenters. The minimum atomic E-state index is -3.89. The molecular formula is C23H36N2O7S. The summed E-state index contributed by atoms with van der Waals surface area (Å²) >= 11 is 0. The fourth-order valence-corrected chi connectivity index (χ4v) is 6.19. The number of nitrogens with one attached hydrogen (secondary N) is 1. The fraction of sp³-hybridized carbons (Fsp3) is 0.696. The normalized spacial score (nSPS) is 20.5. The van der Waals surface area contributed by atoms with Crippen LogP contribution in [0.25, 0.3) is 0 Å². The highest BCUT2D eigenvalue weighted by Gasteiger charge is 2.43. The Morgan fingerprint density at radius 2 is 1.73 bits per heavy atom. The van der Waals surface area contributed by atoms with Gasteiger partial charge >= 0.3 is 0 Å². The number of hydrogen-bond acceptors (Lipinski definition) is 7. The zero-order valence-corrected chi connectivity index (χ0v) is 20.9. The van der Waals surface area contributed by atoms with Crippen LogP contribution in [-0.4, -0.2) is 70.0 Å². The Morgan fingerprint density at radius 1 is 1.12 bits per heavy atom. The van der Waals surface area contributed by atoms with Gasteiger partial charge in [-0.1, -0.05) is 20.8 Å². The number of carbonyl (C=O) groups excluding carboxylic acids is 1. The Kier molecular flexibility index (Phi) is 8.60. The van der Waals surface area contributed by atoms with Gasteiger partial charge in [0.25, 0.3) is 0 Å². The number of ether oxygens (including phenoxy) is 4. The van der Waals surface area contributed by atoms with Crippen LogP contribution in [0, 0.1) is 5.92 Å².